The van der Waals surface area contributed by atoms with Gasteiger partial charge in [-0.15, -0.1) is 0 Å². The van der Waals surface area contributed by atoms with Gasteiger partial charge >= 0.3 is 0 Å². The van der Waals surface area contributed by atoms with Gasteiger partial charge in [-0.3, -0.25) is 10.1 Å². The topological polar surface area (TPSA) is 83.8 Å². The Hall–Kier alpha value is -4.08. The molecule has 238 valence electrons. The van der Waals surface area contributed by atoms with Crippen molar-refractivity contribution >= 4 is 51.9 Å². The number of methoxy groups -OCH3 is 1. The number of allylic oxidation sites excluding steroid dienone is 5. The van der Waals surface area contributed by atoms with Gasteiger partial charge in [0.2, 0.25) is 0 Å². The molecule has 0 radical (unpaired) electrons. The van der Waals surface area contributed by atoms with Gasteiger partial charge in [-0.2, -0.15) is 0 Å². The molecule has 0 atom stereocenters. The summed E-state index contributed by atoms with van der Waals surface area (Å²) in [6.07, 6.45) is 9.75. The zero-order valence-electron chi connectivity index (χ0n) is 26.9. The molecule has 2 heterocycles. The first kappa shape index (κ1) is 37.9. The summed E-state index contributed by atoms with van der Waals surface area (Å²) >= 11 is 5.22. The van der Waals surface area contributed by atoms with E-state index in [1.807, 2.05) is 75.9 Å². The number of carbonyl (C=O) groups is 2. The Morgan fingerprint density at radius 1 is 1.09 bits per heavy atom. The lowest BCUT2D eigenvalue weighted by atomic mass is 9.74. The highest BCUT2D eigenvalue weighted by molar-refractivity contribution is 7.80. The number of thiocarbonyl (C=S) groups is 1. The molecule has 2 N–H and O–H groups in total. The van der Waals surface area contributed by atoms with Crippen LogP contribution in [0.1, 0.15) is 58.0 Å². The van der Waals surface area contributed by atoms with E-state index in [9.17, 15) is 14.0 Å². The second kappa shape index (κ2) is 20.0. The Bertz CT molecular complexity index is 1390. The van der Waals surface area contributed by atoms with Crippen molar-refractivity contribution in [2.24, 2.45) is 5.41 Å². The molecule has 1 aliphatic heterocycles. The Kier molecular flexibility index (Phi) is 17.2. The summed E-state index contributed by atoms with van der Waals surface area (Å²) < 4.78 is 24.8. The lowest BCUT2D eigenvalue weighted by Crippen LogP contribution is -2.42. The quantitative estimate of drug-likeness (QED) is 0.123. The van der Waals surface area contributed by atoms with E-state index in [0.717, 1.165) is 17.2 Å². The van der Waals surface area contributed by atoms with Crippen LogP contribution in [0.5, 0.6) is 0 Å². The van der Waals surface area contributed by atoms with E-state index in [0.29, 0.717) is 42.9 Å². The second-order valence-corrected chi connectivity index (χ2v) is 10.1. The van der Waals surface area contributed by atoms with Crippen LogP contribution in [0.4, 0.5) is 15.8 Å². The van der Waals surface area contributed by atoms with Crippen molar-refractivity contribution in [3.63, 3.8) is 0 Å². The summed E-state index contributed by atoms with van der Waals surface area (Å²) in [6.45, 7) is 14.7. The van der Waals surface area contributed by atoms with Gasteiger partial charge in [0.1, 0.15) is 17.7 Å². The maximum Gasteiger partial charge on any atom is 0.293 e. The fourth-order valence-electron chi connectivity index (χ4n) is 4.36. The number of benzene rings is 2. The van der Waals surface area contributed by atoms with Crippen LogP contribution in [0.15, 0.2) is 89.4 Å². The molecule has 7 nitrogen and oxygen atoms in total. The minimum atomic E-state index is -0.535. The standard InChI is InChI=1S/C27H26FN3O3S.C4H8.C2H6O.C2H6/c1-3-6-18(2)27(17-32)11-13-31(14-12-27)22-10-9-20(16-21(22)28)29-26(35)30-25(33)24-15-19-7-4-5-8-23(19)34-24;1-3-4-2;1-3-2;1-2/h3-10,15-17H,1,11-14H2,2H3,(H2,29,30,33,35);3-4H,1-2H3;1-2H3;1-2H3/b18-6+;4-3-;;. The Morgan fingerprint density at radius 2 is 1.70 bits per heavy atom. The van der Waals surface area contributed by atoms with Crippen molar-refractivity contribution in [2.45, 2.75) is 47.5 Å². The summed E-state index contributed by atoms with van der Waals surface area (Å²) in [4.78, 5) is 26.2. The molecule has 1 saturated heterocycles. The molecule has 4 rings (SSSR count). The van der Waals surface area contributed by atoms with Gasteiger partial charge in [0, 0.05) is 38.4 Å². The summed E-state index contributed by atoms with van der Waals surface area (Å²) in [5.41, 5.74) is 1.90. The number of aldehydes is 1. The van der Waals surface area contributed by atoms with Crippen molar-refractivity contribution in [2.75, 3.05) is 37.5 Å². The first-order chi connectivity index (χ1) is 21.2. The highest BCUT2D eigenvalue weighted by Gasteiger charge is 2.36. The van der Waals surface area contributed by atoms with Gasteiger partial charge in [0.05, 0.1) is 11.1 Å². The van der Waals surface area contributed by atoms with Crippen LogP contribution >= 0.6 is 12.2 Å². The van der Waals surface area contributed by atoms with E-state index < -0.39 is 17.1 Å². The molecule has 9 heteroatoms. The summed E-state index contributed by atoms with van der Waals surface area (Å²) in [6, 6.07) is 13.6. The van der Waals surface area contributed by atoms with Gasteiger partial charge < -0.3 is 24.2 Å². The normalized spacial score (nSPS) is 13.7. The van der Waals surface area contributed by atoms with Crippen molar-refractivity contribution in [1.29, 1.82) is 0 Å². The minimum absolute atomic E-state index is 0.0285. The SMILES string of the molecule is C/C=C\C.C=C/C=C(\C)C1(C=O)CCN(c2ccc(NC(=S)NC(=O)c3cc4ccccc4o3)cc2F)CC1.CC.COC. The van der Waals surface area contributed by atoms with Crippen molar-refractivity contribution in [3.8, 4) is 0 Å². The molecule has 3 aromatic rings. The third kappa shape index (κ3) is 10.9. The molecular formula is C35H46FN3O4S. The summed E-state index contributed by atoms with van der Waals surface area (Å²) in [5, 5.41) is 6.22. The predicted molar refractivity (Wildman–Crippen MR) is 185 cm³/mol. The molecule has 0 spiro atoms. The number of halogens is 1. The number of fused-ring (bicyclic) bond motifs is 1. The number of anilines is 2. The van der Waals surface area contributed by atoms with Gasteiger partial charge in [-0.25, -0.2) is 4.39 Å². The van der Waals surface area contributed by atoms with Crippen LogP contribution in [-0.2, 0) is 9.53 Å². The van der Waals surface area contributed by atoms with E-state index in [2.05, 4.69) is 21.9 Å². The first-order valence-corrected chi connectivity index (χ1v) is 15.0. The molecule has 0 bridgehead atoms. The molecule has 1 aromatic heterocycles. The molecule has 0 unspecified atom stereocenters. The highest BCUT2D eigenvalue weighted by Crippen LogP contribution is 2.38. The lowest BCUT2D eigenvalue weighted by Gasteiger charge is -2.40. The van der Waals surface area contributed by atoms with Crippen LogP contribution in [0.25, 0.3) is 11.0 Å². The van der Waals surface area contributed by atoms with E-state index in [-0.39, 0.29) is 10.9 Å². The maximum absolute atomic E-state index is 15.0. The molecular weight excluding hydrogens is 577 g/mol. The largest absolute Gasteiger partial charge is 0.451 e. The van der Waals surface area contributed by atoms with Gasteiger partial charge in [-0.05, 0) is 76.2 Å². The van der Waals surface area contributed by atoms with Crippen molar-refractivity contribution in [1.82, 2.24) is 5.32 Å². The number of para-hydroxylation sites is 1. The fourth-order valence-corrected chi connectivity index (χ4v) is 4.57. The average molecular weight is 624 g/mol. The van der Waals surface area contributed by atoms with Crippen LogP contribution in [0.2, 0.25) is 0 Å². The molecule has 0 saturated carbocycles. The number of furan rings is 1. The molecule has 2 aromatic carbocycles. The number of hydrogen-bond donors (Lipinski definition) is 2. The molecule has 1 aliphatic rings. The van der Waals surface area contributed by atoms with Crippen molar-refractivity contribution < 1.29 is 23.1 Å². The minimum Gasteiger partial charge on any atom is -0.451 e. The number of rotatable bonds is 6. The maximum atomic E-state index is 15.0. The predicted octanol–water partition coefficient (Wildman–Crippen LogP) is 8.49. The third-order valence-electron chi connectivity index (χ3n) is 6.79. The van der Waals surface area contributed by atoms with Gasteiger partial charge in [0.15, 0.2) is 10.9 Å². The number of nitrogens with one attached hydrogen (secondary N) is 2. The smallest absolute Gasteiger partial charge is 0.293 e. The molecule has 1 fully saturated rings. The van der Waals surface area contributed by atoms with Crippen LogP contribution in [0.3, 0.4) is 0 Å². The number of carbonyl (C=O) groups excluding carboxylic acids is 2. The molecule has 1 amide bonds. The van der Waals surface area contributed by atoms with Crippen LogP contribution in [0, 0.1) is 11.2 Å². The second-order valence-electron chi connectivity index (χ2n) is 9.64. The first-order valence-electron chi connectivity index (χ1n) is 14.6. The molecule has 0 aliphatic carbocycles. The average Bonchev–Trinajstić information content (AvgIpc) is 3.48. The number of hydrogen-bond acceptors (Lipinski definition) is 6. The Labute approximate surface area is 266 Å². The van der Waals surface area contributed by atoms with Crippen molar-refractivity contribution in [3.05, 3.63) is 96.6 Å². The number of ether oxygens (including phenoxy) is 1. The zero-order valence-corrected chi connectivity index (χ0v) is 27.7. The Morgan fingerprint density at radius 3 is 2.23 bits per heavy atom. The monoisotopic (exact) mass is 623 g/mol. The number of amides is 1. The fraction of sp³-hybridized carbons (Fsp3) is 0.343. The van der Waals surface area contributed by atoms with Gasteiger partial charge in [-0.1, -0.05) is 68.5 Å². The van der Waals surface area contributed by atoms with Crippen LogP contribution in [-0.4, -0.2) is 44.6 Å². The van der Waals surface area contributed by atoms with Crippen LogP contribution < -0.4 is 15.5 Å². The van der Waals surface area contributed by atoms with E-state index >= 15 is 0 Å². The number of piperidine rings is 1. The highest BCUT2D eigenvalue weighted by atomic mass is 32.1. The zero-order chi connectivity index (χ0) is 33.1. The van der Waals surface area contributed by atoms with Gasteiger partial charge in [0.25, 0.3) is 5.91 Å². The lowest BCUT2D eigenvalue weighted by molar-refractivity contribution is -0.115. The number of nitrogens with zero attached hydrogens (tertiary/aromatic N) is 1. The Balaban J connectivity index is 0.000000961. The van der Waals surface area contributed by atoms with E-state index in [4.69, 9.17) is 16.6 Å². The summed E-state index contributed by atoms with van der Waals surface area (Å²) in [5.74, 6) is -0.784. The van der Waals surface area contributed by atoms with E-state index in [1.54, 1.807) is 44.6 Å². The van der Waals surface area contributed by atoms with E-state index in [1.165, 1.54) is 6.07 Å². The third-order valence-corrected chi connectivity index (χ3v) is 6.99. The molecule has 44 heavy (non-hydrogen) atoms. The summed E-state index contributed by atoms with van der Waals surface area (Å²) in [7, 11) is 3.25.